The fourth-order valence-corrected chi connectivity index (χ4v) is 5.37. The second kappa shape index (κ2) is 10.7. The number of hydrazone groups is 1. The maximum absolute atomic E-state index is 13.5. The first-order valence-corrected chi connectivity index (χ1v) is 12.6. The van der Waals surface area contributed by atoms with Gasteiger partial charge in [-0.15, -0.1) is 0 Å². The molecular weight excluding hydrogens is 461 g/mol. The number of piperidine rings is 1. The van der Waals surface area contributed by atoms with E-state index in [1.165, 1.54) is 17.7 Å². The van der Waals surface area contributed by atoms with Crippen molar-refractivity contribution in [2.24, 2.45) is 11.0 Å². The summed E-state index contributed by atoms with van der Waals surface area (Å²) >= 11 is 6.51. The quantitative estimate of drug-likeness (QED) is 0.418. The van der Waals surface area contributed by atoms with Crippen LogP contribution >= 0.6 is 11.6 Å². The van der Waals surface area contributed by atoms with Crippen LogP contribution in [0.3, 0.4) is 0 Å². The smallest absolute Gasteiger partial charge is 0.257 e. The molecule has 2 aliphatic heterocycles. The van der Waals surface area contributed by atoms with Gasteiger partial charge < -0.3 is 0 Å². The zero-order valence-electron chi connectivity index (χ0n) is 19.6. The lowest BCUT2D eigenvalue weighted by molar-refractivity contribution is -0.134. The fraction of sp³-hybridized carbons (Fsp3) is 0.310. The molecule has 0 saturated carbocycles. The summed E-state index contributed by atoms with van der Waals surface area (Å²) in [5.74, 6) is 0.321. The number of likely N-dealkylation sites (tertiary alicyclic amines) is 1. The minimum Gasteiger partial charge on any atom is -0.294 e. The number of nitrogens with zero attached hydrogens (tertiary/aromatic N) is 3. The lowest BCUT2D eigenvalue weighted by atomic mass is 9.90. The van der Waals surface area contributed by atoms with E-state index in [0.717, 1.165) is 49.2 Å². The highest BCUT2D eigenvalue weighted by molar-refractivity contribution is 6.31. The number of carbonyl (C=O) groups is 1. The van der Waals surface area contributed by atoms with Crippen LogP contribution in [0.15, 0.2) is 84.0 Å². The molecule has 1 amide bonds. The van der Waals surface area contributed by atoms with Crippen LogP contribution in [-0.4, -0.2) is 41.2 Å². The van der Waals surface area contributed by atoms with Gasteiger partial charge in [-0.2, -0.15) is 5.10 Å². The van der Waals surface area contributed by atoms with Gasteiger partial charge in [0.25, 0.3) is 5.91 Å². The first-order valence-electron chi connectivity index (χ1n) is 12.2. The van der Waals surface area contributed by atoms with Crippen molar-refractivity contribution in [3.05, 3.63) is 106 Å². The number of hydrogen-bond donors (Lipinski definition) is 0. The molecule has 0 N–H and O–H groups in total. The molecule has 3 aromatic rings. The highest BCUT2D eigenvalue weighted by Gasteiger charge is 2.35. The highest BCUT2D eigenvalue weighted by Crippen LogP contribution is 2.36. The summed E-state index contributed by atoms with van der Waals surface area (Å²) in [5.41, 5.74) is 3.85. The number of benzene rings is 3. The Kier molecular flexibility index (Phi) is 7.26. The van der Waals surface area contributed by atoms with Crippen LogP contribution in [-0.2, 0) is 11.2 Å². The molecule has 1 saturated heterocycles. The molecule has 2 heterocycles. The molecule has 2 aliphatic rings. The van der Waals surface area contributed by atoms with E-state index in [-0.39, 0.29) is 17.8 Å². The largest absolute Gasteiger partial charge is 0.294 e. The number of amides is 1. The zero-order chi connectivity index (χ0) is 24.2. The summed E-state index contributed by atoms with van der Waals surface area (Å²) in [6.07, 6.45) is 3.80. The van der Waals surface area contributed by atoms with Crippen LogP contribution in [0.5, 0.6) is 0 Å². The molecular formula is C29H29ClFN3O. The van der Waals surface area contributed by atoms with E-state index >= 15 is 0 Å². The van der Waals surface area contributed by atoms with Gasteiger partial charge in [0.05, 0.1) is 18.3 Å². The van der Waals surface area contributed by atoms with Gasteiger partial charge in [-0.3, -0.25) is 9.69 Å². The molecule has 180 valence electrons. The maximum Gasteiger partial charge on any atom is 0.257 e. The predicted molar refractivity (Wildman–Crippen MR) is 138 cm³/mol. The zero-order valence-corrected chi connectivity index (χ0v) is 20.4. The van der Waals surface area contributed by atoms with Gasteiger partial charge in [-0.1, -0.05) is 72.3 Å². The molecule has 0 radical (unpaired) electrons. The third kappa shape index (κ3) is 5.63. The van der Waals surface area contributed by atoms with Crippen LogP contribution in [0.2, 0.25) is 5.02 Å². The lowest BCUT2D eigenvalue weighted by Gasteiger charge is -2.33. The van der Waals surface area contributed by atoms with E-state index in [2.05, 4.69) is 35.2 Å². The Morgan fingerprint density at radius 3 is 2.34 bits per heavy atom. The number of carbonyl (C=O) groups excluding carboxylic acids is 1. The van der Waals surface area contributed by atoms with Gasteiger partial charge in [0.2, 0.25) is 0 Å². The molecule has 0 bridgehead atoms. The van der Waals surface area contributed by atoms with E-state index < -0.39 is 0 Å². The SMILES string of the molecule is O=C(CN1CCC(Cc2ccccc2)CC1)N1N=C(c2ccc(F)cc2)CC1c1ccccc1Cl. The Morgan fingerprint density at radius 1 is 0.943 bits per heavy atom. The van der Waals surface area contributed by atoms with Crippen molar-refractivity contribution >= 4 is 23.2 Å². The van der Waals surface area contributed by atoms with E-state index in [1.54, 1.807) is 17.1 Å². The van der Waals surface area contributed by atoms with Crippen molar-refractivity contribution in [1.82, 2.24) is 9.91 Å². The Bertz CT molecular complexity index is 1190. The van der Waals surface area contributed by atoms with Crippen molar-refractivity contribution in [1.29, 1.82) is 0 Å². The summed E-state index contributed by atoms with van der Waals surface area (Å²) in [4.78, 5) is 15.7. The molecule has 1 unspecified atom stereocenters. The van der Waals surface area contributed by atoms with Gasteiger partial charge in [-0.05, 0) is 73.2 Å². The van der Waals surface area contributed by atoms with Crippen LogP contribution in [0, 0.1) is 11.7 Å². The second-order valence-electron chi connectivity index (χ2n) is 9.44. The number of hydrogen-bond acceptors (Lipinski definition) is 3. The molecule has 4 nitrogen and oxygen atoms in total. The van der Waals surface area contributed by atoms with Crippen molar-refractivity contribution in [3.8, 4) is 0 Å². The average Bonchev–Trinajstić information content (AvgIpc) is 3.32. The summed E-state index contributed by atoms with van der Waals surface area (Å²) in [7, 11) is 0. The van der Waals surface area contributed by atoms with Gasteiger partial charge in [0, 0.05) is 11.4 Å². The highest BCUT2D eigenvalue weighted by atomic mass is 35.5. The Labute approximate surface area is 211 Å². The molecule has 1 fully saturated rings. The molecule has 0 spiro atoms. The Morgan fingerprint density at radius 2 is 1.63 bits per heavy atom. The maximum atomic E-state index is 13.5. The van der Waals surface area contributed by atoms with Crippen molar-refractivity contribution in [2.75, 3.05) is 19.6 Å². The molecule has 3 aromatic carbocycles. The fourth-order valence-electron chi connectivity index (χ4n) is 5.10. The molecule has 35 heavy (non-hydrogen) atoms. The van der Waals surface area contributed by atoms with Crippen molar-refractivity contribution in [2.45, 2.75) is 31.7 Å². The average molecular weight is 490 g/mol. The third-order valence-electron chi connectivity index (χ3n) is 7.04. The lowest BCUT2D eigenvalue weighted by Crippen LogP contribution is -2.42. The summed E-state index contributed by atoms with van der Waals surface area (Å²) in [5, 5.41) is 6.93. The van der Waals surface area contributed by atoms with Crippen LogP contribution in [0.4, 0.5) is 4.39 Å². The van der Waals surface area contributed by atoms with Crippen LogP contribution < -0.4 is 0 Å². The van der Waals surface area contributed by atoms with Gasteiger partial charge >= 0.3 is 0 Å². The minimum atomic E-state index is -0.293. The molecule has 6 heteroatoms. The normalized spacial score (nSPS) is 19.1. The summed E-state index contributed by atoms with van der Waals surface area (Å²) in [6, 6.07) is 24.2. The van der Waals surface area contributed by atoms with Gasteiger partial charge in [0.15, 0.2) is 0 Å². The Balaban J connectivity index is 1.28. The monoisotopic (exact) mass is 489 g/mol. The van der Waals surface area contributed by atoms with E-state index in [0.29, 0.717) is 23.9 Å². The number of rotatable bonds is 6. The standard InChI is InChI=1S/C29H29ClFN3O/c30-26-9-5-4-8-25(26)28-19-27(23-10-12-24(31)13-11-23)32-34(28)29(35)20-33-16-14-22(15-17-33)18-21-6-2-1-3-7-21/h1-13,22,28H,14-20H2. The third-order valence-corrected chi connectivity index (χ3v) is 7.38. The van der Waals surface area contributed by atoms with Crippen molar-refractivity contribution < 1.29 is 9.18 Å². The minimum absolute atomic E-state index is 0.0338. The van der Waals surface area contributed by atoms with E-state index in [4.69, 9.17) is 16.7 Å². The van der Waals surface area contributed by atoms with Crippen LogP contribution in [0.25, 0.3) is 0 Å². The molecule has 1 atom stereocenters. The predicted octanol–water partition coefficient (Wildman–Crippen LogP) is 6.11. The number of halogens is 2. The first kappa shape index (κ1) is 23.7. The van der Waals surface area contributed by atoms with Crippen LogP contribution in [0.1, 0.15) is 42.0 Å². The van der Waals surface area contributed by atoms with Crippen molar-refractivity contribution in [3.63, 3.8) is 0 Å². The first-order chi connectivity index (χ1) is 17.1. The van der Waals surface area contributed by atoms with E-state index in [1.807, 2.05) is 24.3 Å². The molecule has 0 aromatic heterocycles. The Hall–Kier alpha value is -3.02. The summed E-state index contributed by atoms with van der Waals surface area (Å²) < 4.78 is 13.5. The molecule has 5 rings (SSSR count). The molecule has 0 aliphatic carbocycles. The summed E-state index contributed by atoms with van der Waals surface area (Å²) in [6.45, 7) is 2.14. The van der Waals surface area contributed by atoms with E-state index in [9.17, 15) is 9.18 Å². The second-order valence-corrected chi connectivity index (χ2v) is 9.85. The van der Waals surface area contributed by atoms with Gasteiger partial charge in [0.1, 0.15) is 5.82 Å². The van der Waals surface area contributed by atoms with Gasteiger partial charge in [-0.25, -0.2) is 9.40 Å². The topological polar surface area (TPSA) is 35.9 Å².